The zero-order chi connectivity index (χ0) is 11.5. The van der Waals surface area contributed by atoms with Crippen molar-refractivity contribution in [3.8, 4) is 5.75 Å². The molecule has 88 valence electrons. The molecular weight excluding hydrogens is 247 g/mol. The van der Waals surface area contributed by atoms with Crippen LogP contribution in [0.15, 0.2) is 12.1 Å². The number of ether oxygens (including phenoxy) is 1. The monoisotopic (exact) mass is 260 g/mol. The largest absolute Gasteiger partial charge is 0.488 e. The van der Waals surface area contributed by atoms with Crippen LogP contribution in [0.5, 0.6) is 5.75 Å². The fourth-order valence-electron chi connectivity index (χ4n) is 2.04. The van der Waals surface area contributed by atoms with Crippen LogP contribution < -0.4 is 4.74 Å². The van der Waals surface area contributed by atoms with Crippen molar-refractivity contribution < 1.29 is 9.84 Å². The molecule has 0 heterocycles. The Kier molecular flexibility index (Phi) is 3.95. The molecule has 1 aliphatic rings. The molecule has 4 heteroatoms. The van der Waals surface area contributed by atoms with Gasteiger partial charge in [-0.25, -0.2) is 0 Å². The van der Waals surface area contributed by atoms with Crippen LogP contribution in [0.3, 0.4) is 0 Å². The zero-order valence-electron chi connectivity index (χ0n) is 8.88. The van der Waals surface area contributed by atoms with Crippen LogP contribution in [0.1, 0.15) is 31.2 Å². The molecule has 1 aromatic carbocycles. The summed E-state index contributed by atoms with van der Waals surface area (Å²) in [7, 11) is 0. The first-order valence-electron chi connectivity index (χ1n) is 5.46. The molecule has 2 rings (SSSR count). The molecule has 2 nitrogen and oxygen atoms in total. The van der Waals surface area contributed by atoms with Gasteiger partial charge in [0.1, 0.15) is 5.75 Å². The van der Waals surface area contributed by atoms with Crippen LogP contribution in [-0.2, 0) is 6.61 Å². The fraction of sp³-hybridized carbons (Fsp3) is 0.500. The normalized spacial score (nSPS) is 16.7. The van der Waals surface area contributed by atoms with Crippen LogP contribution in [0.4, 0.5) is 0 Å². The minimum atomic E-state index is -0.109. The topological polar surface area (TPSA) is 29.5 Å². The van der Waals surface area contributed by atoms with E-state index in [-0.39, 0.29) is 12.7 Å². The Balaban J connectivity index is 2.23. The number of aliphatic hydroxyl groups is 1. The number of aliphatic hydroxyl groups excluding tert-OH is 1. The standard InChI is InChI=1S/C12H14Cl2O2/c13-9-5-8(7-15)12(11(14)6-9)16-10-3-1-2-4-10/h5-6,10,15H,1-4,7H2. The highest BCUT2D eigenvalue weighted by Gasteiger charge is 2.19. The molecule has 0 unspecified atom stereocenters. The lowest BCUT2D eigenvalue weighted by Gasteiger charge is -2.17. The summed E-state index contributed by atoms with van der Waals surface area (Å²) in [5.74, 6) is 0.584. The van der Waals surface area contributed by atoms with Crippen LogP contribution in [0.2, 0.25) is 10.0 Å². The van der Waals surface area contributed by atoms with Crippen molar-refractivity contribution in [3.05, 3.63) is 27.7 Å². The van der Waals surface area contributed by atoms with E-state index in [1.54, 1.807) is 12.1 Å². The highest BCUT2D eigenvalue weighted by atomic mass is 35.5. The SMILES string of the molecule is OCc1cc(Cl)cc(Cl)c1OC1CCCC1. The maximum Gasteiger partial charge on any atom is 0.143 e. The molecule has 16 heavy (non-hydrogen) atoms. The second kappa shape index (κ2) is 5.26. The summed E-state index contributed by atoms with van der Waals surface area (Å²) in [5.41, 5.74) is 0.657. The average Bonchev–Trinajstić information content (AvgIpc) is 2.74. The minimum absolute atomic E-state index is 0.109. The average molecular weight is 261 g/mol. The Hall–Kier alpha value is -0.440. The van der Waals surface area contributed by atoms with Gasteiger partial charge in [-0.05, 0) is 37.8 Å². The molecule has 0 bridgehead atoms. The zero-order valence-corrected chi connectivity index (χ0v) is 10.4. The van der Waals surface area contributed by atoms with Crippen molar-refractivity contribution in [1.82, 2.24) is 0 Å². The highest BCUT2D eigenvalue weighted by Crippen LogP contribution is 2.35. The summed E-state index contributed by atoms with van der Waals surface area (Å²) < 4.78 is 5.83. The van der Waals surface area contributed by atoms with Gasteiger partial charge < -0.3 is 9.84 Å². The molecule has 1 aromatic rings. The number of hydrogen-bond donors (Lipinski definition) is 1. The van der Waals surface area contributed by atoms with Crippen LogP contribution in [0.25, 0.3) is 0 Å². The van der Waals surface area contributed by atoms with Gasteiger partial charge in [-0.15, -0.1) is 0 Å². The summed E-state index contributed by atoms with van der Waals surface area (Å²) in [4.78, 5) is 0. The fourth-order valence-corrected chi connectivity index (χ4v) is 2.62. The molecule has 1 N–H and O–H groups in total. The first kappa shape index (κ1) is 12.0. The van der Waals surface area contributed by atoms with Gasteiger partial charge in [-0.2, -0.15) is 0 Å². The third-order valence-corrected chi connectivity index (χ3v) is 3.34. The molecule has 0 aromatic heterocycles. The molecule has 1 aliphatic carbocycles. The lowest BCUT2D eigenvalue weighted by molar-refractivity contribution is 0.199. The molecule has 0 aliphatic heterocycles. The predicted octanol–water partition coefficient (Wildman–Crippen LogP) is 3.81. The molecule has 0 radical (unpaired) electrons. The smallest absolute Gasteiger partial charge is 0.143 e. The maximum atomic E-state index is 9.24. The second-order valence-corrected chi connectivity index (χ2v) is 4.90. The third kappa shape index (κ3) is 2.62. The molecule has 1 saturated carbocycles. The van der Waals surface area contributed by atoms with Gasteiger partial charge in [0, 0.05) is 10.6 Å². The van der Waals surface area contributed by atoms with E-state index in [2.05, 4.69) is 0 Å². The first-order chi connectivity index (χ1) is 7.70. The highest BCUT2D eigenvalue weighted by molar-refractivity contribution is 6.35. The Morgan fingerprint density at radius 2 is 1.94 bits per heavy atom. The van der Waals surface area contributed by atoms with Crippen molar-refractivity contribution in [2.24, 2.45) is 0 Å². The molecule has 0 saturated heterocycles. The molecule has 0 atom stereocenters. The second-order valence-electron chi connectivity index (χ2n) is 4.06. The number of hydrogen-bond acceptors (Lipinski definition) is 2. The van der Waals surface area contributed by atoms with Crippen molar-refractivity contribution in [3.63, 3.8) is 0 Å². The lowest BCUT2D eigenvalue weighted by atomic mass is 10.2. The van der Waals surface area contributed by atoms with E-state index < -0.39 is 0 Å². The molecule has 1 fully saturated rings. The van der Waals surface area contributed by atoms with Gasteiger partial charge in [-0.1, -0.05) is 23.2 Å². The molecular formula is C12H14Cl2O2. The predicted molar refractivity (Wildman–Crippen MR) is 65.3 cm³/mol. The van der Waals surface area contributed by atoms with Gasteiger partial charge in [-0.3, -0.25) is 0 Å². The Morgan fingerprint density at radius 3 is 2.56 bits per heavy atom. The summed E-state index contributed by atoms with van der Waals surface area (Å²) >= 11 is 11.9. The number of halogens is 2. The van der Waals surface area contributed by atoms with E-state index in [0.29, 0.717) is 21.4 Å². The Bertz CT molecular complexity index is 374. The van der Waals surface area contributed by atoms with E-state index in [9.17, 15) is 5.11 Å². The Morgan fingerprint density at radius 1 is 1.25 bits per heavy atom. The molecule has 0 spiro atoms. The van der Waals surface area contributed by atoms with Gasteiger partial charge >= 0.3 is 0 Å². The van der Waals surface area contributed by atoms with Crippen molar-refractivity contribution in [2.45, 2.75) is 38.4 Å². The quantitative estimate of drug-likeness (QED) is 0.896. The first-order valence-corrected chi connectivity index (χ1v) is 6.21. The van der Waals surface area contributed by atoms with Crippen LogP contribution in [0, 0.1) is 0 Å². The van der Waals surface area contributed by atoms with Gasteiger partial charge in [0.15, 0.2) is 0 Å². The van der Waals surface area contributed by atoms with Crippen molar-refractivity contribution >= 4 is 23.2 Å². The minimum Gasteiger partial charge on any atom is -0.488 e. The van der Waals surface area contributed by atoms with Gasteiger partial charge in [0.05, 0.1) is 17.7 Å². The summed E-state index contributed by atoms with van der Waals surface area (Å²) in [5, 5.41) is 10.2. The van der Waals surface area contributed by atoms with E-state index in [0.717, 1.165) is 12.8 Å². The van der Waals surface area contributed by atoms with Crippen LogP contribution in [-0.4, -0.2) is 11.2 Å². The lowest BCUT2D eigenvalue weighted by Crippen LogP contribution is -2.12. The van der Waals surface area contributed by atoms with Gasteiger partial charge in [0.2, 0.25) is 0 Å². The van der Waals surface area contributed by atoms with E-state index in [1.165, 1.54) is 12.8 Å². The van der Waals surface area contributed by atoms with E-state index in [1.807, 2.05) is 0 Å². The number of rotatable bonds is 3. The van der Waals surface area contributed by atoms with Crippen LogP contribution >= 0.6 is 23.2 Å². The third-order valence-electron chi connectivity index (χ3n) is 2.84. The van der Waals surface area contributed by atoms with E-state index >= 15 is 0 Å². The summed E-state index contributed by atoms with van der Waals surface area (Å²) in [6.45, 7) is -0.109. The van der Waals surface area contributed by atoms with Crippen molar-refractivity contribution in [2.75, 3.05) is 0 Å². The maximum absolute atomic E-state index is 9.24. The van der Waals surface area contributed by atoms with Crippen molar-refractivity contribution in [1.29, 1.82) is 0 Å². The van der Waals surface area contributed by atoms with Gasteiger partial charge in [0.25, 0.3) is 0 Å². The summed E-state index contributed by atoms with van der Waals surface area (Å²) in [6, 6.07) is 3.34. The number of benzene rings is 1. The van der Waals surface area contributed by atoms with E-state index in [4.69, 9.17) is 27.9 Å². The molecule has 0 amide bonds. The Labute approximate surface area is 105 Å². The summed E-state index contributed by atoms with van der Waals surface area (Å²) in [6.07, 6.45) is 4.74.